The van der Waals surface area contributed by atoms with Crippen molar-refractivity contribution in [2.75, 3.05) is 0 Å². The molecular formula is C7H12N2. The molecule has 0 aromatic carbocycles. The second kappa shape index (κ2) is 5.22. The van der Waals surface area contributed by atoms with Crippen LogP contribution < -0.4 is 0 Å². The Morgan fingerprint density at radius 2 is 2.11 bits per heavy atom. The van der Waals surface area contributed by atoms with Gasteiger partial charge in [-0.3, -0.25) is 4.99 Å². The molecule has 0 aliphatic rings. The number of nitrogens with zero attached hydrogens (tertiary/aromatic N) is 2. The third kappa shape index (κ3) is 7.08. The Morgan fingerprint density at radius 1 is 1.44 bits per heavy atom. The Bertz CT molecular complexity index is 123. The summed E-state index contributed by atoms with van der Waals surface area (Å²) in [6, 6.07) is 0.326. The molecule has 50 valence electrons. The molecule has 0 bridgehead atoms. The molecular weight excluding hydrogens is 112 g/mol. The molecule has 0 amide bonds. The first-order chi connectivity index (χ1) is 4.27. The van der Waals surface area contributed by atoms with Crippen LogP contribution in [0.1, 0.15) is 13.8 Å². The van der Waals surface area contributed by atoms with Crippen LogP contribution in [-0.4, -0.2) is 18.6 Å². The van der Waals surface area contributed by atoms with Crippen molar-refractivity contribution in [2.24, 2.45) is 9.98 Å². The summed E-state index contributed by atoms with van der Waals surface area (Å²) in [4.78, 5) is 7.79. The Hall–Kier alpha value is -0.920. The fraction of sp³-hybridized carbons (Fsp3) is 0.429. The van der Waals surface area contributed by atoms with E-state index in [0.717, 1.165) is 0 Å². The first-order valence-corrected chi connectivity index (χ1v) is 2.93. The standard InChI is InChI=1S/C7H12N2/c1-4-5-8-6-9-7(2)3/h4-7H,1H2,2-3H3. The van der Waals surface area contributed by atoms with Crippen LogP contribution in [0.2, 0.25) is 0 Å². The molecule has 0 aromatic heterocycles. The van der Waals surface area contributed by atoms with Gasteiger partial charge < -0.3 is 0 Å². The molecule has 0 radical (unpaired) electrons. The summed E-state index contributed by atoms with van der Waals surface area (Å²) in [6.07, 6.45) is 4.75. The second-order valence-corrected chi connectivity index (χ2v) is 1.89. The maximum absolute atomic E-state index is 3.99. The van der Waals surface area contributed by atoms with Gasteiger partial charge in [-0.1, -0.05) is 12.7 Å². The number of hydrogen-bond donors (Lipinski definition) is 0. The average molecular weight is 124 g/mol. The van der Waals surface area contributed by atoms with E-state index in [2.05, 4.69) is 16.6 Å². The molecule has 2 nitrogen and oxygen atoms in total. The highest BCUT2D eigenvalue weighted by Crippen LogP contribution is 1.81. The molecule has 0 atom stereocenters. The van der Waals surface area contributed by atoms with Gasteiger partial charge in [-0.15, -0.1) is 0 Å². The van der Waals surface area contributed by atoms with Crippen LogP contribution in [0.3, 0.4) is 0 Å². The molecule has 0 saturated heterocycles. The van der Waals surface area contributed by atoms with Gasteiger partial charge in [-0.25, -0.2) is 4.99 Å². The van der Waals surface area contributed by atoms with Crippen molar-refractivity contribution in [2.45, 2.75) is 19.9 Å². The lowest BCUT2D eigenvalue weighted by molar-refractivity contribution is 0.839. The number of hydrogen-bond acceptors (Lipinski definition) is 1. The zero-order valence-electron chi connectivity index (χ0n) is 5.91. The monoisotopic (exact) mass is 124 g/mol. The smallest absolute Gasteiger partial charge is 0.110 e. The van der Waals surface area contributed by atoms with Gasteiger partial charge in [-0.2, -0.15) is 0 Å². The third-order valence-electron chi connectivity index (χ3n) is 0.623. The summed E-state index contributed by atoms with van der Waals surface area (Å²) in [5.74, 6) is 0. The fourth-order valence-electron chi connectivity index (χ4n) is 0.271. The van der Waals surface area contributed by atoms with Crippen LogP contribution in [0.4, 0.5) is 0 Å². The summed E-state index contributed by atoms with van der Waals surface area (Å²) >= 11 is 0. The molecule has 0 rings (SSSR count). The van der Waals surface area contributed by atoms with Gasteiger partial charge >= 0.3 is 0 Å². The van der Waals surface area contributed by atoms with Crippen molar-refractivity contribution < 1.29 is 0 Å². The van der Waals surface area contributed by atoms with Crippen molar-refractivity contribution >= 4 is 12.6 Å². The van der Waals surface area contributed by atoms with E-state index in [1.807, 2.05) is 13.8 Å². The second-order valence-electron chi connectivity index (χ2n) is 1.89. The minimum absolute atomic E-state index is 0.326. The highest BCUT2D eigenvalue weighted by Gasteiger charge is 1.78. The summed E-state index contributed by atoms with van der Waals surface area (Å²) in [7, 11) is 0. The maximum Gasteiger partial charge on any atom is 0.110 e. The van der Waals surface area contributed by atoms with Gasteiger partial charge in [0.25, 0.3) is 0 Å². The molecule has 0 heterocycles. The molecule has 0 aliphatic heterocycles. The summed E-state index contributed by atoms with van der Waals surface area (Å²) in [6.45, 7) is 7.47. The van der Waals surface area contributed by atoms with Gasteiger partial charge in [0.05, 0.1) is 0 Å². The lowest BCUT2D eigenvalue weighted by Crippen LogP contribution is -1.86. The van der Waals surface area contributed by atoms with Crippen molar-refractivity contribution in [1.82, 2.24) is 0 Å². The largest absolute Gasteiger partial charge is 0.271 e. The van der Waals surface area contributed by atoms with Gasteiger partial charge in [0.15, 0.2) is 0 Å². The van der Waals surface area contributed by atoms with E-state index in [1.165, 1.54) is 6.34 Å². The van der Waals surface area contributed by atoms with Gasteiger partial charge in [-0.05, 0) is 13.8 Å². The highest BCUT2D eigenvalue weighted by atomic mass is 14.9. The van der Waals surface area contributed by atoms with E-state index in [-0.39, 0.29) is 0 Å². The normalized spacial score (nSPS) is 11.9. The van der Waals surface area contributed by atoms with E-state index in [9.17, 15) is 0 Å². The molecule has 0 spiro atoms. The van der Waals surface area contributed by atoms with Crippen LogP contribution in [0.5, 0.6) is 0 Å². The maximum atomic E-state index is 3.99. The Morgan fingerprint density at radius 3 is 2.56 bits per heavy atom. The number of aliphatic imine (C=N–C) groups is 2. The van der Waals surface area contributed by atoms with Crippen LogP contribution in [0.25, 0.3) is 0 Å². The topological polar surface area (TPSA) is 24.7 Å². The number of allylic oxidation sites excluding steroid dienone is 1. The predicted molar refractivity (Wildman–Crippen MR) is 42.3 cm³/mol. The molecule has 0 N–H and O–H groups in total. The Labute approximate surface area is 56.0 Å². The van der Waals surface area contributed by atoms with Crippen molar-refractivity contribution in [3.05, 3.63) is 12.7 Å². The highest BCUT2D eigenvalue weighted by molar-refractivity contribution is 5.79. The van der Waals surface area contributed by atoms with E-state index in [0.29, 0.717) is 6.04 Å². The zero-order valence-corrected chi connectivity index (χ0v) is 5.91. The molecule has 0 unspecified atom stereocenters. The van der Waals surface area contributed by atoms with E-state index in [4.69, 9.17) is 0 Å². The minimum Gasteiger partial charge on any atom is -0.271 e. The predicted octanol–water partition coefficient (Wildman–Crippen LogP) is 1.68. The van der Waals surface area contributed by atoms with Crippen LogP contribution in [-0.2, 0) is 0 Å². The van der Waals surface area contributed by atoms with E-state index < -0.39 is 0 Å². The van der Waals surface area contributed by atoms with Crippen LogP contribution >= 0.6 is 0 Å². The molecule has 0 saturated carbocycles. The third-order valence-corrected chi connectivity index (χ3v) is 0.623. The average Bonchev–Trinajstić information content (AvgIpc) is 1.80. The minimum atomic E-state index is 0.326. The Kier molecular flexibility index (Phi) is 4.69. The number of rotatable bonds is 3. The van der Waals surface area contributed by atoms with Crippen LogP contribution in [0.15, 0.2) is 22.6 Å². The lowest BCUT2D eigenvalue weighted by atomic mass is 10.4. The molecule has 0 aliphatic carbocycles. The first kappa shape index (κ1) is 8.08. The summed E-state index contributed by atoms with van der Waals surface area (Å²) in [5, 5.41) is 0. The molecule has 0 aromatic rings. The quantitative estimate of drug-likeness (QED) is 0.404. The molecule has 9 heavy (non-hydrogen) atoms. The van der Waals surface area contributed by atoms with E-state index in [1.54, 1.807) is 12.3 Å². The van der Waals surface area contributed by atoms with Gasteiger partial charge in [0.1, 0.15) is 6.34 Å². The SMILES string of the molecule is C=CC=NC=NC(C)C. The van der Waals surface area contributed by atoms with E-state index >= 15 is 0 Å². The lowest BCUT2D eigenvalue weighted by Gasteiger charge is -1.88. The van der Waals surface area contributed by atoms with Gasteiger partial charge in [0, 0.05) is 12.3 Å². The van der Waals surface area contributed by atoms with Crippen molar-refractivity contribution in [3.63, 3.8) is 0 Å². The first-order valence-electron chi connectivity index (χ1n) is 2.93. The summed E-state index contributed by atoms with van der Waals surface area (Å²) < 4.78 is 0. The summed E-state index contributed by atoms with van der Waals surface area (Å²) in [5.41, 5.74) is 0. The van der Waals surface area contributed by atoms with Crippen molar-refractivity contribution in [3.8, 4) is 0 Å². The molecule has 0 fully saturated rings. The van der Waals surface area contributed by atoms with Gasteiger partial charge in [0.2, 0.25) is 0 Å². The van der Waals surface area contributed by atoms with Crippen LogP contribution in [0, 0.1) is 0 Å². The fourth-order valence-corrected chi connectivity index (χ4v) is 0.271. The van der Waals surface area contributed by atoms with Crippen molar-refractivity contribution in [1.29, 1.82) is 0 Å². The zero-order chi connectivity index (χ0) is 7.11. The Balaban J connectivity index is 3.46. The molecule has 2 heteroatoms.